The van der Waals surface area contributed by atoms with Crippen molar-refractivity contribution in [1.82, 2.24) is 4.90 Å². The fourth-order valence-electron chi connectivity index (χ4n) is 2.91. The van der Waals surface area contributed by atoms with Crippen molar-refractivity contribution in [3.8, 4) is 0 Å². The van der Waals surface area contributed by atoms with E-state index in [1.165, 1.54) is 0 Å². The molecular formula is C18H25NO3. The highest BCUT2D eigenvalue weighted by Crippen LogP contribution is 2.30. The third-order valence-electron chi connectivity index (χ3n) is 4.44. The maximum Gasteiger partial charge on any atom is 0.251 e. The second-order valence-electron chi connectivity index (χ2n) is 6.39. The van der Waals surface area contributed by atoms with E-state index < -0.39 is 0 Å². The number of rotatable bonds is 7. The van der Waals surface area contributed by atoms with Crippen molar-refractivity contribution in [3.63, 3.8) is 0 Å². The summed E-state index contributed by atoms with van der Waals surface area (Å²) >= 11 is 0. The van der Waals surface area contributed by atoms with Gasteiger partial charge in [0.1, 0.15) is 6.10 Å². The number of carbonyl (C=O) groups excluding carboxylic acids is 1. The lowest BCUT2D eigenvalue weighted by molar-refractivity contribution is -0.144. The minimum atomic E-state index is -0.386. The van der Waals surface area contributed by atoms with E-state index in [-0.39, 0.29) is 12.0 Å². The first-order chi connectivity index (χ1) is 10.7. The van der Waals surface area contributed by atoms with Gasteiger partial charge in [0.2, 0.25) is 0 Å². The van der Waals surface area contributed by atoms with Crippen molar-refractivity contribution in [3.05, 3.63) is 35.9 Å². The Balaban J connectivity index is 1.52. The lowest BCUT2D eigenvalue weighted by Gasteiger charge is -2.28. The summed E-state index contributed by atoms with van der Waals surface area (Å²) in [6, 6.07) is 10.4. The van der Waals surface area contributed by atoms with E-state index >= 15 is 0 Å². The number of benzene rings is 1. The van der Waals surface area contributed by atoms with E-state index in [2.05, 4.69) is 0 Å². The highest BCUT2D eigenvalue weighted by Gasteiger charge is 2.36. The van der Waals surface area contributed by atoms with Crippen LogP contribution in [0.15, 0.2) is 30.3 Å². The summed E-state index contributed by atoms with van der Waals surface area (Å²) in [6.07, 6.45) is 2.94. The molecule has 0 unspecified atom stereocenters. The van der Waals surface area contributed by atoms with Crippen LogP contribution in [0.3, 0.4) is 0 Å². The third-order valence-corrected chi connectivity index (χ3v) is 4.44. The van der Waals surface area contributed by atoms with Crippen LogP contribution in [0, 0.1) is 5.92 Å². The van der Waals surface area contributed by atoms with E-state index in [0.29, 0.717) is 18.6 Å². The lowest BCUT2D eigenvalue weighted by atomic mass is 10.1. The monoisotopic (exact) mass is 303 g/mol. The first-order valence-corrected chi connectivity index (χ1v) is 8.28. The Labute approximate surface area is 132 Å². The molecule has 2 fully saturated rings. The van der Waals surface area contributed by atoms with Crippen molar-refractivity contribution < 1.29 is 14.3 Å². The molecule has 0 N–H and O–H groups in total. The highest BCUT2D eigenvalue weighted by molar-refractivity contribution is 5.81. The van der Waals surface area contributed by atoms with Crippen molar-refractivity contribution in [2.75, 3.05) is 19.8 Å². The molecule has 1 aromatic rings. The van der Waals surface area contributed by atoms with Crippen LogP contribution in [0.4, 0.5) is 0 Å². The first-order valence-electron chi connectivity index (χ1n) is 8.28. The van der Waals surface area contributed by atoms with Gasteiger partial charge in [0, 0.05) is 25.1 Å². The Kier molecular flexibility index (Phi) is 5.11. The van der Waals surface area contributed by atoms with Crippen LogP contribution in [-0.2, 0) is 20.9 Å². The van der Waals surface area contributed by atoms with E-state index in [4.69, 9.17) is 9.47 Å². The summed E-state index contributed by atoms with van der Waals surface area (Å²) in [5.74, 6) is 0.621. The molecular weight excluding hydrogens is 278 g/mol. The molecule has 1 heterocycles. The topological polar surface area (TPSA) is 38.8 Å². The molecule has 4 heteroatoms. The quantitative estimate of drug-likeness (QED) is 0.777. The molecule has 1 aliphatic carbocycles. The summed E-state index contributed by atoms with van der Waals surface area (Å²) in [4.78, 5) is 14.7. The molecule has 0 spiro atoms. The summed E-state index contributed by atoms with van der Waals surface area (Å²) in [7, 11) is 0. The standard InChI is InChI=1S/C18H25NO3/c1-14(22-13-15-5-3-2-4-6-15)18(20)19(17-7-8-17)11-16-9-10-21-12-16/h2-6,14,16-17H,7-13H2,1H3/t14-,16-/m1/s1. The predicted octanol–water partition coefficient (Wildman–Crippen LogP) is 2.62. The number of hydrogen-bond donors (Lipinski definition) is 0. The first kappa shape index (κ1) is 15.5. The van der Waals surface area contributed by atoms with Gasteiger partial charge < -0.3 is 14.4 Å². The normalized spacial score (nSPS) is 22.5. The van der Waals surface area contributed by atoms with Crippen molar-refractivity contribution in [2.45, 2.75) is 44.9 Å². The van der Waals surface area contributed by atoms with Gasteiger partial charge >= 0.3 is 0 Å². The molecule has 120 valence electrons. The van der Waals surface area contributed by atoms with Gasteiger partial charge in [0.15, 0.2) is 0 Å². The molecule has 0 bridgehead atoms. The fourth-order valence-corrected chi connectivity index (χ4v) is 2.91. The molecule has 2 atom stereocenters. The fraction of sp³-hybridized carbons (Fsp3) is 0.611. The Morgan fingerprint density at radius 3 is 2.73 bits per heavy atom. The van der Waals surface area contributed by atoms with Crippen LogP contribution in [0.25, 0.3) is 0 Å². The summed E-state index contributed by atoms with van der Waals surface area (Å²) in [5, 5.41) is 0. The summed E-state index contributed by atoms with van der Waals surface area (Å²) in [5.41, 5.74) is 1.10. The van der Waals surface area contributed by atoms with Gasteiger partial charge in [-0.15, -0.1) is 0 Å². The predicted molar refractivity (Wildman–Crippen MR) is 84.4 cm³/mol. The van der Waals surface area contributed by atoms with E-state index in [0.717, 1.165) is 44.6 Å². The van der Waals surface area contributed by atoms with Crippen molar-refractivity contribution in [2.24, 2.45) is 5.92 Å². The Hall–Kier alpha value is -1.39. The second-order valence-corrected chi connectivity index (χ2v) is 6.39. The molecule has 3 rings (SSSR count). The maximum absolute atomic E-state index is 12.7. The number of carbonyl (C=O) groups is 1. The summed E-state index contributed by atoms with van der Waals surface area (Å²) in [6.45, 7) is 4.79. The molecule has 1 saturated carbocycles. The SMILES string of the molecule is C[C@@H](OCc1ccccc1)C(=O)N(C[C@H]1CCOC1)C1CC1. The van der Waals surface area contributed by atoms with Crippen molar-refractivity contribution in [1.29, 1.82) is 0 Å². The van der Waals surface area contributed by atoms with Crippen LogP contribution in [-0.4, -0.2) is 42.7 Å². The molecule has 4 nitrogen and oxygen atoms in total. The van der Waals surface area contributed by atoms with Gasteiger partial charge in [-0.3, -0.25) is 4.79 Å². The zero-order chi connectivity index (χ0) is 15.4. The number of ether oxygens (including phenoxy) is 2. The average Bonchev–Trinajstić information content (AvgIpc) is 3.27. The van der Waals surface area contributed by atoms with Gasteiger partial charge in [0.25, 0.3) is 5.91 Å². The zero-order valence-electron chi connectivity index (χ0n) is 13.2. The van der Waals surface area contributed by atoms with Gasteiger partial charge in [-0.2, -0.15) is 0 Å². The van der Waals surface area contributed by atoms with Gasteiger partial charge in [0.05, 0.1) is 13.2 Å². The van der Waals surface area contributed by atoms with E-state index in [1.807, 2.05) is 42.2 Å². The minimum absolute atomic E-state index is 0.130. The molecule has 1 aliphatic heterocycles. The van der Waals surface area contributed by atoms with Crippen LogP contribution >= 0.6 is 0 Å². The molecule has 1 saturated heterocycles. The van der Waals surface area contributed by atoms with Crippen LogP contribution in [0.2, 0.25) is 0 Å². The Morgan fingerprint density at radius 1 is 1.32 bits per heavy atom. The Bertz CT molecular complexity index is 480. The van der Waals surface area contributed by atoms with Crippen LogP contribution in [0.5, 0.6) is 0 Å². The lowest BCUT2D eigenvalue weighted by Crippen LogP contribution is -2.43. The van der Waals surface area contributed by atoms with E-state index in [9.17, 15) is 4.79 Å². The van der Waals surface area contributed by atoms with Crippen LogP contribution in [0.1, 0.15) is 31.7 Å². The van der Waals surface area contributed by atoms with Gasteiger partial charge in [-0.1, -0.05) is 30.3 Å². The molecule has 0 radical (unpaired) electrons. The van der Waals surface area contributed by atoms with Crippen LogP contribution < -0.4 is 0 Å². The van der Waals surface area contributed by atoms with Crippen molar-refractivity contribution >= 4 is 5.91 Å². The Morgan fingerprint density at radius 2 is 2.09 bits per heavy atom. The number of nitrogens with zero attached hydrogens (tertiary/aromatic N) is 1. The second kappa shape index (κ2) is 7.25. The highest BCUT2D eigenvalue weighted by atomic mass is 16.5. The zero-order valence-corrected chi connectivity index (χ0v) is 13.2. The van der Waals surface area contributed by atoms with Gasteiger partial charge in [-0.25, -0.2) is 0 Å². The minimum Gasteiger partial charge on any atom is -0.381 e. The molecule has 0 aromatic heterocycles. The maximum atomic E-state index is 12.7. The molecule has 1 aromatic carbocycles. The third kappa shape index (κ3) is 4.08. The molecule has 22 heavy (non-hydrogen) atoms. The summed E-state index contributed by atoms with van der Waals surface area (Å²) < 4.78 is 11.2. The number of hydrogen-bond acceptors (Lipinski definition) is 3. The average molecular weight is 303 g/mol. The smallest absolute Gasteiger partial charge is 0.251 e. The van der Waals surface area contributed by atoms with E-state index in [1.54, 1.807) is 0 Å². The largest absolute Gasteiger partial charge is 0.381 e. The number of amides is 1. The molecule has 1 amide bonds. The van der Waals surface area contributed by atoms with Gasteiger partial charge in [-0.05, 0) is 31.7 Å². The molecule has 2 aliphatic rings.